The second-order valence-corrected chi connectivity index (χ2v) is 6.17. The van der Waals surface area contributed by atoms with E-state index in [4.69, 9.17) is 4.74 Å². The maximum Gasteiger partial charge on any atom is 0.0576 e. The quantitative estimate of drug-likeness (QED) is 0.814. The summed E-state index contributed by atoms with van der Waals surface area (Å²) in [5.41, 5.74) is 0. The van der Waals surface area contributed by atoms with E-state index in [1.807, 2.05) is 0 Å². The van der Waals surface area contributed by atoms with Crippen molar-refractivity contribution in [3.8, 4) is 0 Å². The first-order valence-electron chi connectivity index (χ1n) is 7.55. The number of hydrogen-bond donors (Lipinski definition) is 1. The van der Waals surface area contributed by atoms with Gasteiger partial charge in [-0.25, -0.2) is 0 Å². The van der Waals surface area contributed by atoms with Gasteiger partial charge in [0.25, 0.3) is 0 Å². The summed E-state index contributed by atoms with van der Waals surface area (Å²) in [4.78, 5) is 0. The van der Waals surface area contributed by atoms with Crippen LogP contribution >= 0.6 is 0 Å². The van der Waals surface area contributed by atoms with E-state index in [9.17, 15) is 5.11 Å². The molecule has 2 rings (SSSR count). The molecule has 17 heavy (non-hydrogen) atoms. The van der Waals surface area contributed by atoms with Crippen LogP contribution in [0.5, 0.6) is 0 Å². The first-order chi connectivity index (χ1) is 8.25. The van der Waals surface area contributed by atoms with Gasteiger partial charge < -0.3 is 9.84 Å². The van der Waals surface area contributed by atoms with Crippen LogP contribution < -0.4 is 0 Å². The van der Waals surface area contributed by atoms with Crippen molar-refractivity contribution in [2.24, 2.45) is 11.8 Å². The number of hydrogen-bond acceptors (Lipinski definition) is 2. The van der Waals surface area contributed by atoms with Gasteiger partial charge in [-0.3, -0.25) is 0 Å². The maximum atomic E-state index is 10.3. The Morgan fingerprint density at radius 1 is 1.18 bits per heavy atom. The molecule has 1 saturated heterocycles. The molecule has 0 aromatic carbocycles. The first kappa shape index (κ1) is 13.4. The number of aliphatic hydroxyl groups is 1. The van der Waals surface area contributed by atoms with Crippen molar-refractivity contribution in [3.05, 3.63) is 0 Å². The van der Waals surface area contributed by atoms with Crippen LogP contribution in [0.4, 0.5) is 0 Å². The largest absolute Gasteiger partial charge is 0.393 e. The van der Waals surface area contributed by atoms with E-state index in [-0.39, 0.29) is 6.10 Å². The summed E-state index contributed by atoms with van der Waals surface area (Å²) >= 11 is 0. The number of ether oxygens (including phenoxy) is 1. The Balaban J connectivity index is 1.67. The number of aliphatic hydroxyl groups excluding tert-OH is 1. The van der Waals surface area contributed by atoms with Crippen molar-refractivity contribution in [2.75, 3.05) is 6.61 Å². The zero-order chi connectivity index (χ0) is 12.1. The molecule has 0 amide bonds. The fourth-order valence-corrected chi connectivity index (χ4v) is 3.46. The standard InChI is InChI=1S/C15H28O2/c1-12-5-4-6-13(11-12)15(16)9-8-14-7-2-3-10-17-14/h12-16H,2-11H2,1H3. The molecular formula is C15H28O2. The lowest BCUT2D eigenvalue weighted by atomic mass is 9.78. The molecule has 0 spiro atoms. The third kappa shape index (κ3) is 4.26. The van der Waals surface area contributed by atoms with Crippen molar-refractivity contribution in [1.82, 2.24) is 0 Å². The summed E-state index contributed by atoms with van der Waals surface area (Å²) in [7, 11) is 0. The molecule has 2 nitrogen and oxygen atoms in total. The molecule has 2 fully saturated rings. The maximum absolute atomic E-state index is 10.3. The highest BCUT2D eigenvalue weighted by Gasteiger charge is 2.26. The first-order valence-corrected chi connectivity index (χ1v) is 7.55. The van der Waals surface area contributed by atoms with Crippen molar-refractivity contribution < 1.29 is 9.84 Å². The summed E-state index contributed by atoms with van der Waals surface area (Å²) in [5, 5.41) is 10.3. The minimum Gasteiger partial charge on any atom is -0.393 e. The van der Waals surface area contributed by atoms with E-state index in [1.54, 1.807) is 0 Å². The van der Waals surface area contributed by atoms with Gasteiger partial charge in [0.1, 0.15) is 0 Å². The van der Waals surface area contributed by atoms with Gasteiger partial charge in [-0.15, -0.1) is 0 Å². The van der Waals surface area contributed by atoms with Crippen LogP contribution in [0.15, 0.2) is 0 Å². The molecule has 0 radical (unpaired) electrons. The fraction of sp³-hybridized carbons (Fsp3) is 1.00. The van der Waals surface area contributed by atoms with Gasteiger partial charge in [-0.2, -0.15) is 0 Å². The summed E-state index contributed by atoms with van der Waals surface area (Å²) in [5.74, 6) is 1.37. The Kier molecular flexibility index (Phi) is 5.30. The highest BCUT2D eigenvalue weighted by atomic mass is 16.5. The van der Waals surface area contributed by atoms with Crippen LogP contribution in [0.2, 0.25) is 0 Å². The van der Waals surface area contributed by atoms with E-state index in [1.165, 1.54) is 44.9 Å². The molecule has 1 aliphatic carbocycles. The third-order valence-corrected chi connectivity index (χ3v) is 4.58. The molecule has 2 heteroatoms. The SMILES string of the molecule is CC1CCCC(C(O)CCC2CCCCO2)C1. The molecule has 1 N–H and O–H groups in total. The van der Waals surface area contributed by atoms with Crippen LogP contribution in [-0.4, -0.2) is 23.9 Å². The normalized spacial score (nSPS) is 36.7. The molecule has 1 aliphatic heterocycles. The van der Waals surface area contributed by atoms with E-state index in [0.717, 1.165) is 25.4 Å². The Hall–Kier alpha value is -0.0800. The number of rotatable bonds is 4. The summed E-state index contributed by atoms with van der Waals surface area (Å²) < 4.78 is 5.73. The average molecular weight is 240 g/mol. The van der Waals surface area contributed by atoms with Gasteiger partial charge in [0.05, 0.1) is 12.2 Å². The Bertz CT molecular complexity index is 211. The van der Waals surface area contributed by atoms with Gasteiger partial charge in [-0.1, -0.05) is 19.8 Å². The summed E-state index contributed by atoms with van der Waals surface area (Å²) in [6.45, 7) is 3.25. The van der Waals surface area contributed by atoms with Gasteiger partial charge in [-0.05, 0) is 56.8 Å². The predicted molar refractivity (Wildman–Crippen MR) is 70.0 cm³/mol. The molecule has 0 aromatic heterocycles. The van der Waals surface area contributed by atoms with Crippen LogP contribution in [0.1, 0.15) is 64.7 Å². The molecular weight excluding hydrogens is 212 g/mol. The molecule has 1 saturated carbocycles. The van der Waals surface area contributed by atoms with Crippen LogP contribution in [0.3, 0.4) is 0 Å². The highest BCUT2D eigenvalue weighted by molar-refractivity contribution is 4.77. The predicted octanol–water partition coefficient (Wildman–Crippen LogP) is 3.52. The van der Waals surface area contributed by atoms with E-state index in [0.29, 0.717) is 12.0 Å². The average Bonchev–Trinajstić information content (AvgIpc) is 2.37. The van der Waals surface area contributed by atoms with Crippen LogP contribution in [0, 0.1) is 11.8 Å². The Morgan fingerprint density at radius 2 is 2.06 bits per heavy atom. The molecule has 0 aromatic rings. The monoisotopic (exact) mass is 240 g/mol. The molecule has 0 bridgehead atoms. The smallest absolute Gasteiger partial charge is 0.0576 e. The fourth-order valence-electron chi connectivity index (χ4n) is 3.46. The van der Waals surface area contributed by atoms with Gasteiger partial charge >= 0.3 is 0 Å². The topological polar surface area (TPSA) is 29.5 Å². The van der Waals surface area contributed by atoms with Gasteiger partial charge in [0.2, 0.25) is 0 Å². The summed E-state index contributed by atoms with van der Waals surface area (Å²) in [6, 6.07) is 0. The highest BCUT2D eigenvalue weighted by Crippen LogP contribution is 2.32. The van der Waals surface area contributed by atoms with Gasteiger partial charge in [0.15, 0.2) is 0 Å². The minimum atomic E-state index is -0.0803. The molecule has 4 atom stereocenters. The lowest BCUT2D eigenvalue weighted by molar-refractivity contribution is -0.00711. The lowest BCUT2D eigenvalue weighted by Crippen LogP contribution is -2.28. The lowest BCUT2D eigenvalue weighted by Gasteiger charge is -2.31. The van der Waals surface area contributed by atoms with E-state index >= 15 is 0 Å². The van der Waals surface area contributed by atoms with E-state index in [2.05, 4.69) is 6.92 Å². The third-order valence-electron chi connectivity index (χ3n) is 4.58. The zero-order valence-electron chi connectivity index (χ0n) is 11.2. The van der Waals surface area contributed by atoms with Crippen molar-refractivity contribution in [1.29, 1.82) is 0 Å². The van der Waals surface area contributed by atoms with Gasteiger partial charge in [0, 0.05) is 6.61 Å². The second kappa shape index (κ2) is 6.75. The van der Waals surface area contributed by atoms with Crippen molar-refractivity contribution in [3.63, 3.8) is 0 Å². The zero-order valence-corrected chi connectivity index (χ0v) is 11.2. The van der Waals surface area contributed by atoms with Crippen LogP contribution in [0.25, 0.3) is 0 Å². The Morgan fingerprint density at radius 3 is 2.76 bits per heavy atom. The molecule has 2 aliphatic rings. The van der Waals surface area contributed by atoms with Crippen molar-refractivity contribution in [2.45, 2.75) is 76.9 Å². The summed E-state index contributed by atoms with van der Waals surface area (Å²) in [6.07, 6.45) is 11.2. The minimum absolute atomic E-state index is 0.0803. The molecule has 4 unspecified atom stereocenters. The Labute approximate surface area is 106 Å². The molecule has 1 heterocycles. The van der Waals surface area contributed by atoms with E-state index < -0.39 is 0 Å². The second-order valence-electron chi connectivity index (χ2n) is 6.17. The van der Waals surface area contributed by atoms with Crippen molar-refractivity contribution >= 4 is 0 Å². The van der Waals surface area contributed by atoms with Crippen LogP contribution in [-0.2, 0) is 4.74 Å². The molecule has 100 valence electrons.